The van der Waals surface area contributed by atoms with Crippen LogP contribution in [0.4, 0.5) is 0 Å². The van der Waals surface area contributed by atoms with Gasteiger partial charge in [-0.15, -0.1) is 0 Å². The normalized spacial score (nSPS) is 24.6. The van der Waals surface area contributed by atoms with Crippen LogP contribution in [0.3, 0.4) is 0 Å². The van der Waals surface area contributed by atoms with Gasteiger partial charge in [0, 0.05) is 44.7 Å². The zero-order valence-corrected chi connectivity index (χ0v) is 17.4. The number of rotatable bonds is 8. The van der Waals surface area contributed by atoms with Crippen LogP contribution in [0.25, 0.3) is 0 Å². The Morgan fingerprint density at radius 1 is 1.34 bits per heavy atom. The van der Waals surface area contributed by atoms with Crippen LogP contribution in [0, 0.1) is 0 Å². The number of ether oxygens (including phenoxy) is 1. The first-order chi connectivity index (χ1) is 13.9. The Balaban J connectivity index is 1.94. The fraction of sp³-hybridized carbons (Fsp3) is 0.571. The molecule has 158 valence electrons. The van der Waals surface area contributed by atoms with Gasteiger partial charge < -0.3 is 14.7 Å². The summed E-state index contributed by atoms with van der Waals surface area (Å²) in [5, 5.41) is 9.93. The van der Waals surface area contributed by atoms with E-state index in [-0.39, 0.29) is 49.8 Å². The van der Waals surface area contributed by atoms with Gasteiger partial charge in [0.15, 0.2) is 0 Å². The number of methoxy groups -OCH3 is 1. The lowest BCUT2D eigenvalue weighted by Crippen LogP contribution is -2.45. The number of carbonyl (C=O) groups is 3. The lowest BCUT2D eigenvalue weighted by atomic mass is 9.75. The summed E-state index contributed by atoms with van der Waals surface area (Å²) in [5.41, 5.74) is -0.815. The van der Waals surface area contributed by atoms with E-state index in [4.69, 9.17) is 16.3 Å². The maximum Gasteiger partial charge on any atom is 0.240 e. The third-order valence-corrected chi connectivity index (χ3v) is 6.22. The molecule has 2 aliphatic heterocycles. The molecule has 1 N–H and O–H groups in total. The molecule has 0 bridgehead atoms. The summed E-state index contributed by atoms with van der Waals surface area (Å²) in [6.07, 6.45) is 1.84. The maximum absolute atomic E-state index is 13.5. The Morgan fingerprint density at radius 2 is 2.10 bits per heavy atom. The molecule has 0 aromatic heterocycles. The monoisotopic (exact) mass is 422 g/mol. The van der Waals surface area contributed by atoms with E-state index in [0.29, 0.717) is 30.2 Å². The molecule has 7 nitrogen and oxygen atoms in total. The third-order valence-electron chi connectivity index (χ3n) is 5.89. The molecule has 3 rings (SSSR count). The minimum absolute atomic E-state index is 0.0913. The molecule has 2 atom stereocenters. The van der Waals surface area contributed by atoms with Gasteiger partial charge in [0.25, 0.3) is 0 Å². The lowest BCUT2D eigenvalue weighted by molar-refractivity contribution is -0.143. The van der Waals surface area contributed by atoms with Crippen molar-refractivity contribution >= 4 is 29.3 Å². The molecule has 2 aliphatic rings. The highest BCUT2D eigenvalue weighted by molar-refractivity contribution is 6.32. The minimum atomic E-state index is -1.32. The van der Waals surface area contributed by atoms with E-state index in [9.17, 15) is 19.5 Å². The van der Waals surface area contributed by atoms with E-state index in [1.165, 1.54) is 4.90 Å². The summed E-state index contributed by atoms with van der Waals surface area (Å²) >= 11 is 6.41. The SMILES string of the molecule is COCCCN1C(=O)CC(CC(=O)N2CCC[C@H]2CO)(c2ccccc2Cl)C1=O. The van der Waals surface area contributed by atoms with Crippen molar-refractivity contribution in [3.8, 4) is 0 Å². The van der Waals surface area contributed by atoms with Crippen LogP contribution >= 0.6 is 11.6 Å². The molecule has 1 aromatic rings. The number of aliphatic hydroxyl groups is 1. The number of aliphatic hydroxyl groups excluding tert-OH is 1. The van der Waals surface area contributed by atoms with E-state index in [0.717, 1.165) is 12.8 Å². The molecule has 0 saturated carbocycles. The van der Waals surface area contributed by atoms with Crippen LogP contribution < -0.4 is 0 Å². The summed E-state index contributed by atoms with van der Waals surface area (Å²) in [7, 11) is 1.56. The van der Waals surface area contributed by atoms with Gasteiger partial charge in [0.05, 0.1) is 18.1 Å². The fourth-order valence-electron chi connectivity index (χ4n) is 4.40. The Morgan fingerprint density at radius 3 is 2.79 bits per heavy atom. The number of likely N-dealkylation sites (tertiary alicyclic amines) is 2. The van der Waals surface area contributed by atoms with Crippen molar-refractivity contribution in [2.24, 2.45) is 0 Å². The number of amides is 3. The number of hydrogen-bond acceptors (Lipinski definition) is 5. The summed E-state index contributed by atoms with van der Waals surface area (Å²) < 4.78 is 5.03. The number of imide groups is 1. The Kier molecular flexibility index (Phi) is 6.93. The van der Waals surface area contributed by atoms with Crippen LogP contribution in [0.5, 0.6) is 0 Å². The smallest absolute Gasteiger partial charge is 0.240 e. The van der Waals surface area contributed by atoms with Gasteiger partial charge in [-0.3, -0.25) is 19.3 Å². The number of benzene rings is 1. The summed E-state index contributed by atoms with van der Waals surface area (Å²) in [6, 6.07) is 6.65. The van der Waals surface area contributed by atoms with E-state index >= 15 is 0 Å². The molecular weight excluding hydrogens is 396 g/mol. The summed E-state index contributed by atoms with van der Waals surface area (Å²) in [4.78, 5) is 42.2. The van der Waals surface area contributed by atoms with Crippen molar-refractivity contribution < 1.29 is 24.2 Å². The zero-order valence-electron chi connectivity index (χ0n) is 16.6. The minimum Gasteiger partial charge on any atom is -0.394 e. The largest absolute Gasteiger partial charge is 0.394 e. The molecule has 0 aliphatic carbocycles. The second-order valence-electron chi connectivity index (χ2n) is 7.68. The van der Waals surface area contributed by atoms with E-state index < -0.39 is 5.41 Å². The number of nitrogens with zero attached hydrogens (tertiary/aromatic N) is 2. The molecular formula is C21H27ClN2O5. The average molecular weight is 423 g/mol. The van der Waals surface area contributed by atoms with E-state index in [1.807, 2.05) is 0 Å². The first-order valence-electron chi connectivity index (χ1n) is 9.93. The van der Waals surface area contributed by atoms with Gasteiger partial charge in [-0.2, -0.15) is 0 Å². The highest BCUT2D eigenvalue weighted by Gasteiger charge is 2.55. The molecule has 2 heterocycles. The van der Waals surface area contributed by atoms with Gasteiger partial charge >= 0.3 is 0 Å². The average Bonchev–Trinajstić information content (AvgIpc) is 3.27. The number of halogens is 1. The van der Waals surface area contributed by atoms with Crippen molar-refractivity contribution in [3.05, 3.63) is 34.9 Å². The lowest BCUT2D eigenvalue weighted by Gasteiger charge is -2.31. The van der Waals surface area contributed by atoms with Crippen molar-refractivity contribution in [3.63, 3.8) is 0 Å². The van der Waals surface area contributed by atoms with Crippen LogP contribution in [0.1, 0.15) is 37.7 Å². The standard InChI is InChI=1S/C21H27ClN2O5/c1-29-11-5-10-24-19(27)13-21(20(24)28,16-7-2-3-8-17(16)22)12-18(26)23-9-4-6-15(23)14-25/h2-3,7-8,15,25H,4-6,9-14H2,1H3/t15-,21?/m0/s1. The zero-order chi connectivity index (χ0) is 21.0. The first-order valence-corrected chi connectivity index (χ1v) is 10.3. The van der Waals surface area contributed by atoms with Crippen LogP contribution in [-0.4, -0.2) is 72.1 Å². The highest BCUT2D eigenvalue weighted by atomic mass is 35.5. The van der Waals surface area contributed by atoms with Gasteiger partial charge in [-0.05, 0) is 30.9 Å². The Bertz CT molecular complexity index is 786. The molecule has 0 spiro atoms. The van der Waals surface area contributed by atoms with Crippen LogP contribution in [0.15, 0.2) is 24.3 Å². The molecule has 29 heavy (non-hydrogen) atoms. The third kappa shape index (κ3) is 4.17. The molecule has 0 radical (unpaired) electrons. The second-order valence-corrected chi connectivity index (χ2v) is 8.09. The molecule has 1 aromatic carbocycles. The molecule has 2 fully saturated rings. The predicted molar refractivity (Wildman–Crippen MR) is 107 cm³/mol. The number of carbonyl (C=O) groups excluding carboxylic acids is 3. The quantitative estimate of drug-likeness (QED) is 0.509. The first kappa shape index (κ1) is 21.7. The predicted octanol–water partition coefficient (Wildman–Crippen LogP) is 1.75. The van der Waals surface area contributed by atoms with Gasteiger partial charge in [-0.25, -0.2) is 0 Å². The Labute approximate surface area is 175 Å². The van der Waals surface area contributed by atoms with Crippen LogP contribution in [0.2, 0.25) is 5.02 Å². The van der Waals surface area contributed by atoms with Gasteiger partial charge in [0.1, 0.15) is 0 Å². The van der Waals surface area contributed by atoms with Crippen molar-refractivity contribution in [2.75, 3.05) is 33.4 Å². The number of hydrogen-bond donors (Lipinski definition) is 1. The van der Waals surface area contributed by atoms with Crippen molar-refractivity contribution in [2.45, 2.75) is 43.6 Å². The topological polar surface area (TPSA) is 87.2 Å². The molecule has 1 unspecified atom stereocenters. The summed E-state index contributed by atoms with van der Waals surface area (Å²) in [5.74, 6) is -0.930. The van der Waals surface area contributed by atoms with Gasteiger partial charge in [0.2, 0.25) is 17.7 Å². The Hall–Kier alpha value is -1.96. The van der Waals surface area contributed by atoms with E-state index in [2.05, 4.69) is 0 Å². The molecule has 2 saturated heterocycles. The van der Waals surface area contributed by atoms with Gasteiger partial charge in [-0.1, -0.05) is 29.8 Å². The second kappa shape index (κ2) is 9.24. The maximum atomic E-state index is 13.5. The van der Waals surface area contributed by atoms with Crippen LogP contribution in [-0.2, 0) is 24.5 Å². The van der Waals surface area contributed by atoms with Crippen molar-refractivity contribution in [1.82, 2.24) is 9.80 Å². The molecule has 8 heteroatoms. The highest BCUT2D eigenvalue weighted by Crippen LogP contribution is 2.43. The van der Waals surface area contributed by atoms with Crippen molar-refractivity contribution in [1.29, 1.82) is 0 Å². The molecule has 3 amide bonds. The fourth-order valence-corrected chi connectivity index (χ4v) is 4.72. The van der Waals surface area contributed by atoms with E-state index in [1.54, 1.807) is 36.3 Å². The summed E-state index contributed by atoms with van der Waals surface area (Å²) in [6.45, 7) is 1.11.